The number of aromatic hydroxyl groups is 2. The van der Waals surface area contributed by atoms with Crippen molar-refractivity contribution < 1.29 is 113 Å². The molecule has 1 spiro atoms. The Balaban J connectivity index is 0.000000203. The van der Waals surface area contributed by atoms with Crippen molar-refractivity contribution in [2.75, 3.05) is 72.2 Å². The molecule has 1 aliphatic carbocycles. The number of rotatable bonds is 15. The van der Waals surface area contributed by atoms with Gasteiger partial charge in [0, 0.05) is 159 Å². The Bertz CT molecular complexity index is 6030. The van der Waals surface area contributed by atoms with Gasteiger partial charge in [0.05, 0.1) is 116 Å². The van der Waals surface area contributed by atoms with E-state index in [1.54, 1.807) is 107 Å². The summed E-state index contributed by atoms with van der Waals surface area (Å²) in [5.41, 5.74) is 1.65. The zero-order valence-electron chi connectivity index (χ0n) is 89.5. The molecular formula is C111H156Cl2N10O23. The number of phenols is 2. The van der Waals surface area contributed by atoms with Crippen LogP contribution < -0.4 is 31.4 Å². The summed E-state index contributed by atoms with van der Waals surface area (Å²) in [7, 11) is 8.59. The topological polar surface area (TPSA) is 431 Å². The molecule has 5 aromatic carbocycles. The molecule has 35 heteroatoms. The highest BCUT2D eigenvalue weighted by molar-refractivity contribution is 6.31. The van der Waals surface area contributed by atoms with E-state index in [1.807, 2.05) is 118 Å². The van der Waals surface area contributed by atoms with Crippen molar-refractivity contribution in [1.82, 2.24) is 24.3 Å². The van der Waals surface area contributed by atoms with E-state index in [1.165, 1.54) is 41.3 Å². The number of amides is 1. The fourth-order valence-electron chi connectivity index (χ4n) is 21.8. The minimum Gasteiger partial charge on any atom is -0.507 e. The summed E-state index contributed by atoms with van der Waals surface area (Å²) < 4.78 is 63.7. The number of methoxy groups -OCH3 is 2. The van der Waals surface area contributed by atoms with Crippen LogP contribution >= 0.6 is 23.2 Å². The molecule has 27 atom stereocenters. The molecule has 0 saturated carbocycles. The van der Waals surface area contributed by atoms with Crippen molar-refractivity contribution in [1.29, 1.82) is 0 Å². The van der Waals surface area contributed by atoms with Crippen LogP contribution in [-0.2, 0) is 57.0 Å². The fraction of sp³-hybridized carbons (Fsp3) is 0.604. The number of allylic oxidation sites excluding steroid dienone is 2. The van der Waals surface area contributed by atoms with E-state index in [2.05, 4.69) is 66.0 Å². The molecule has 4 saturated heterocycles. The number of fused-ring (bicyclic) bond motifs is 3. The summed E-state index contributed by atoms with van der Waals surface area (Å²) in [6.07, 6.45) is -3.15. The Kier molecular flexibility index (Phi) is 37.6. The summed E-state index contributed by atoms with van der Waals surface area (Å²) in [5.74, 6) is -9.03. The quantitative estimate of drug-likeness (QED) is 0.0258. The number of nitrogens with zero attached hydrogens (tertiary/aromatic N) is 8. The zero-order valence-corrected chi connectivity index (χ0v) is 91.1. The number of carbonyl (C=O) groups excluding carboxylic acids is 4. The Labute approximate surface area is 867 Å². The number of esters is 2. The van der Waals surface area contributed by atoms with Crippen LogP contribution in [0.25, 0.3) is 38.9 Å². The van der Waals surface area contributed by atoms with Gasteiger partial charge in [-0.25, -0.2) is 4.98 Å². The predicted octanol–water partition coefficient (Wildman–Crippen LogP) is 14.1. The molecule has 33 nitrogen and oxygen atoms in total. The van der Waals surface area contributed by atoms with E-state index in [0.717, 1.165) is 51.4 Å². The van der Waals surface area contributed by atoms with Gasteiger partial charge in [0.25, 0.3) is 11.7 Å². The number of hydrogen-bond acceptors (Lipinski definition) is 31. The standard InChI is InChI=1S/C46H62N4O11.C38H72N2O12.C27H22Cl2N4/c1-22(2)21-50-18-16-46(17-19-50)48-34-31-32-39(54)28(8)42-33(31)43(56)45(10,61-42)59-20-15-30(58-11)25(5)41(60-29(9)51)27(7)38(53)26(6)37(52)23(3)13-12-14-24(4)44(57)47-36(40(32)55)35(34)49-46;1-15-27-38(10,46)31(42)24(6)40(13)19-20(2)17-36(8,45)33(52-35-29(41)26(39(11)12)16-21(3)48-35)22(4)30(23(5)34(44)50-27)51-28-18-37(9,47-14)32(43)25(7)49-28;1-17(2)30-24-16-27-25(15-23(24)31-20-11-7-18(28)8-12-20)32-22-5-3-4-6-26(22)33(27)21-13-9-19(29)10-14-21/h12-15,20,22-23,25-27,30,37-38,41,52-55H,16-19,21H2,1-11H3,(H,47,57);20-33,35,41-43,45-46H,15-19H2,1-14H3;3-17,31H,1-2H3/b13-12-,20-15-,24-14+;;/t23-,25-,26+,27+,30-,37-,38+,41-,45-;20-,21-,22+,23-,24-,25+,26+,27-,28+,29-,30+,31-,32+,33-,35+,36-,37-,38-;/m01./s1. The highest BCUT2D eigenvalue weighted by Gasteiger charge is 2.56. The summed E-state index contributed by atoms with van der Waals surface area (Å²) >= 11 is 12.2. The molecule has 1 amide bonds. The summed E-state index contributed by atoms with van der Waals surface area (Å²) in [5, 5.41) is 114. The lowest BCUT2D eigenvalue weighted by atomic mass is 9.77. The average Bonchev–Trinajstić information content (AvgIpc) is 1.52. The Morgan fingerprint density at radius 2 is 1.40 bits per heavy atom. The second kappa shape index (κ2) is 47.6. The van der Waals surface area contributed by atoms with Crippen LogP contribution in [0.3, 0.4) is 0 Å². The zero-order chi connectivity index (χ0) is 107. The first-order valence-electron chi connectivity index (χ1n) is 51.1. The molecule has 14 rings (SSSR count). The smallest absolute Gasteiger partial charge is 0.312 e. The number of nitrogens with one attached hydrogen (secondary N) is 2. The molecule has 8 aliphatic heterocycles. The third-order valence-electron chi connectivity index (χ3n) is 30.4. The molecule has 5 aromatic rings. The van der Waals surface area contributed by atoms with Gasteiger partial charge in [-0.3, -0.25) is 34.2 Å². The first-order chi connectivity index (χ1) is 68.5. The Morgan fingerprint density at radius 3 is 2.01 bits per heavy atom. The van der Waals surface area contributed by atoms with Crippen LogP contribution in [0.15, 0.2) is 136 Å². The number of likely N-dealkylation sites (tertiary alicyclic amines) is 1. The number of carbonyl (C=O) groups is 4. The van der Waals surface area contributed by atoms with Gasteiger partial charge in [-0.2, -0.15) is 0 Å². The third kappa shape index (κ3) is 25.3. The first-order valence-corrected chi connectivity index (χ1v) is 51.9. The van der Waals surface area contributed by atoms with Crippen molar-refractivity contribution in [3.05, 3.63) is 158 Å². The van der Waals surface area contributed by atoms with E-state index >= 15 is 0 Å². The number of piperidine rings is 1. The number of anilines is 3. The van der Waals surface area contributed by atoms with E-state index in [9.17, 15) is 65.1 Å². The lowest BCUT2D eigenvalue weighted by molar-refractivity contribution is -0.318. The van der Waals surface area contributed by atoms with Gasteiger partial charge in [0.1, 0.15) is 58.7 Å². The summed E-state index contributed by atoms with van der Waals surface area (Å²) in [4.78, 5) is 81.6. The van der Waals surface area contributed by atoms with Crippen molar-refractivity contribution in [2.24, 2.45) is 62.3 Å². The second-order valence-corrected chi connectivity index (χ2v) is 44.1. The number of ketones is 1. The maximum absolute atomic E-state index is 14.7. The number of likely N-dealkylation sites (N-methyl/N-ethyl adjacent to an activating group) is 2. The molecule has 8 heterocycles. The van der Waals surface area contributed by atoms with Crippen molar-refractivity contribution >= 4 is 85.7 Å². The van der Waals surface area contributed by atoms with Crippen LogP contribution in [-0.4, -0.2) is 288 Å². The number of Topliss-reactive ketones (excluding diaryl/α,β-unsaturated/α-hetero) is 1. The lowest BCUT2D eigenvalue weighted by Gasteiger charge is -2.48. The van der Waals surface area contributed by atoms with E-state index in [0.29, 0.717) is 54.9 Å². The summed E-state index contributed by atoms with van der Waals surface area (Å²) in [6.45, 7) is 41.7. The Hall–Kier alpha value is -9.18. The lowest BCUT2D eigenvalue weighted by Crippen LogP contribution is -2.60. The SMILES string of the molecule is CC(C)N=c1cc2n(-c3ccc(Cl)cc3)c3ccccc3nc-2cc1Nc1ccc(Cl)cc1.CC[C@H]1OC(=O)[C@H](C)[C@@H](O[C@H]2C[C@@](C)(OC)[C@@H](O)[C@H](C)O2)[C@H](C)[C@@H](O[C@@H]2O[C@H](C)C[C@H](N(C)C)[C@H]2O)[C@](C)(O)C[C@@H](C)CN(C)[C@H](C)[C@@H](O)[C@]1(C)O.CO[C@H]1/C=C\O[C@@]2(C)Oc3c(C)c(O)c4c(O)c(c5c(c4c3C2=O)=NC2(CCN(CC(C)C)CC2)N=5)NC(=O)/C(C)=C/C=C\[C@H](C)[C@H](O)[C@@H](C)[C@@H](O)[C@@H](C)[C@@H](OC(C)=O)[C@H]1C. The Morgan fingerprint density at radius 1 is 0.753 bits per heavy atom. The van der Waals surface area contributed by atoms with Gasteiger partial charge < -0.3 is 123 Å². The number of para-hydroxylation sites is 2. The number of phenolic OH excluding ortho intramolecular Hbond substituents is 2. The normalized spacial score (nSPS) is 34.0. The number of aliphatic hydroxyl groups excluding tert-OH is 5. The number of benzene rings is 6. The first kappa shape index (κ1) is 116. The second-order valence-electron chi connectivity index (χ2n) is 43.2. The van der Waals surface area contributed by atoms with Crippen molar-refractivity contribution in [2.45, 2.75) is 323 Å². The predicted molar refractivity (Wildman–Crippen MR) is 560 cm³/mol. The number of hydrogen-bond donors (Lipinski definition) is 11. The monoisotopic (exact) mass is 2070 g/mol. The van der Waals surface area contributed by atoms with Gasteiger partial charge in [0.15, 0.2) is 24.0 Å². The van der Waals surface area contributed by atoms with Gasteiger partial charge in [-0.1, -0.05) is 116 Å². The fourth-order valence-corrected chi connectivity index (χ4v) is 22.1. The molecule has 4 bridgehead atoms. The molecule has 11 N–H and O–H groups in total. The third-order valence-corrected chi connectivity index (χ3v) is 30.9. The largest absolute Gasteiger partial charge is 0.507 e. The van der Waals surface area contributed by atoms with Gasteiger partial charge in [0.2, 0.25) is 0 Å². The van der Waals surface area contributed by atoms with Crippen LogP contribution in [0, 0.1) is 54.3 Å². The molecular weight excluding hydrogens is 1910 g/mol. The summed E-state index contributed by atoms with van der Waals surface area (Å²) in [6, 6.07) is 27.1. The minimum atomic E-state index is -1.96. The molecule has 9 aliphatic rings. The number of halogens is 2. The number of cyclic esters (lactones) is 1. The molecule has 4 fully saturated rings. The molecule has 0 radical (unpaired) electrons. The molecule has 802 valence electrons. The highest BCUT2D eigenvalue weighted by atomic mass is 35.5. The number of aliphatic hydroxyl groups is 7. The maximum atomic E-state index is 14.7. The van der Waals surface area contributed by atoms with Gasteiger partial charge >= 0.3 is 17.7 Å². The van der Waals surface area contributed by atoms with Crippen LogP contribution in [0.1, 0.15) is 200 Å². The highest BCUT2D eigenvalue weighted by Crippen LogP contribution is 2.51. The van der Waals surface area contributed by atoms with E-state index < -0.39 is 179 Å². The van der Waals surface area contributed by atoms with Crippen LogP contribution in [0.4, 0.5) is 17.1 Å². The molecule has 146 heavy (non-hydrogen) atoms. The minimum absolute atomic E-state index is 0.0364. The van der Waals surface area contributed by atoms with E-state index in [-0.39, 0.29) is 98.7 Å². The van der Waals surface area contributed by atoms with Crippen molar-refractivity contribution in [3.8, 4) is 34.3 Å². The van der Waals surface area contributed by atoms with Crippen molar-refractivity contribution in [3.63, 3.8) is 0 Å². The number of aromatic nitrogens is 2. The molecule has 0 unspecified atom stereocenters. The average molecular weight is 2070 g/mol. The molecule has 0 aromatic heterocycles. The van der Waals surface area contributed by atoms with Gasteiger partial charge in [-0.05, 0) is 207 Å². The van der Waals surface area contributed by atoms with E-state index in [4.69, 9.17) is 90.5 Å². The van der Waals surface area contributed by atoms with Crippen LogP contribution in [0.2, 0.25) is 10.0 Å². The maximum Gasteiger partial charge on any atom is 0.312 e. The van der Waals surface area contributed by atoms with Crippen LogP contribution in [0.5, 0.6) is 17.2 Å². The van der Waals surface area contributed by atoms with Gasteiger partial charge in [-0.15, -0.1) is 0 Å². The number of ether oxygens (including phenoxy) is 10.